The van der Waals surface area contributed by atoms with Crippen LogP contribution in [0.2, 0.25) is 0 Å². The van der Waals surface area contributed by atoms with Crippen LogP contribution in [-0.4, -0.2) is 38.8 Å². The predicted molar refractivity (Wildman–Crippen MR) is 83.5 cm³/mol. The van der Waals surface area contributed by atoms with Gasteiger partial charge in [0.25, 0.3) is 5.91 Å². The van der Waals surface area contributed by atoms with E-state index < -0.39 is 0 Å². The Labute approximate surface area is 127 Å². The third-order valence-corrected chi connectivity index (χ3v) is 2.97. The molecule has 0 aromatic heterocycles. The van der Waals surface area contributed by atoms with Crippen molar-refractivity contribution in [1.82, 2.24) is 10.6 Å². The molecule has 1 aromatic carbocycles. The summed E-state index contributed by atoms with van der Waals surface area (Å²) in [6.45, 7) is 7.91. The zero-order chi connectivity index (χ0) is 15.7. The summed E-state index contributed by atoms with van der Waals surface area (Å²) in [5.74, 6) is 0.644. The van der Waals surface area contributed by atoms with Crippen LogP contribution in [0.15, 0.2) is 18.2 Å². The summed E-state index contributed by atoms with van der Waals surface area (Å²) in [6, 6.07) is 6.39. The van der Waals surface area contributed by atoms with Crippen LogP contribution in [0.25, 0.3) is 0 Å². The third kappa shape index (κ3) is 6.60. The average Bonchev–Trinajstić information content (AvgIpc) is 2.44. The molecule has 0 atom stereocenters. The highest BCUT2D eigenvalue weighted by atomic mass is 16.5. The fourth-order valence-electron chi connectivity index (χ4n) is 1.85. The molecule has 0 spiro atoms. The summed E-state index contributed by atoms with van der Waals surface area (Å²) in [4.78, 5) is 11.7. The van der Waals surface area contributed by atoms with Gasteiger partial charge in [0.15, 0.2) is 6.61 Å². The molecule has 1 amide bonds. The van der Waals surface area contributed by atoms with Gasteiger partial charge < -0.3 is 20.1 Å². The lowest BCUT2D eigenvalue weighted by Crippen LogP contribution is -2.31. The van der Waals surface area contributed by atoms with Crippen LogP contribution in [0, 0.1) is 6.92 Å². The number of para-hydroxylation sites is 1. The second-order valence-corrected chi connectivity index (χ2v) is 5.23. The van der Waals surface area contributed by atoms with E-state index in [0.29, 0.717) is 19.2 Å². The summed E-state index contributed by atoms with van der Waals surface area (Å²) >= 11 is 0. The molecule has 0 fully saturated rings. The molecule has 0 saturated carbocycles. The van der Waals surface area contributed by atoms with Gasteiger partial charge in [-0.15, -0.1) is 0 Å². The van der Waals surface area contributed by atoms with Crippen molar-refractivity contribution in [2.24, 2.45) is 0 Å². The molecule has 0 saturated heterocycles. The molecule has 5 heteroatoms. The van der Waals surface area contributed by atoms with Crippen molar-refractivity contribution < 1.29 is 14.3 Å². The number of carbonyl (C=O) groups excluding carboxylic acids is 1. The standard InChI is InChI=1S/C16H26N2O3/c1-12(2)18-10-14-7-5-6-13(3)16(14)21-11-15(19)17-8-9-20-4/h5-7,12,18H,8-11H2,1-4H3,(H,17,19). The van der Waals surface area contributed by atoms with Crippen LogP contribution in [0.4, 0.5) is 0 Å². The van der Waals surface area contributed by atoms with Crippen LogP contribution >= 0.6 is 0 Å². The summed E-state index contributed by atoms with van der Waals surface area (Å²) in [5, 5.41) is 6.10. The number of ether oxygens (including phenoxy) is 2. The molecule has 5 nitrogen and oxygen atoms in total. The molecule has 0 unspecified atom stereocenters. The number of rotatable bonds is 9. The summed E-state index contributed by atoms with van der Waals surface area (Å²) in [5.41, 5.74) is 2.09. The van der Waals surface area contributed by atoms with Crippen LogP contribution in [0.3, 0.4) is 0 Å². The number of hydrogen-bond donors (Lipinski definition) is 2. The SMILES string of the molecule is COCCNC(=O)COc1c(C)cccc1CNC(C)C. The lowest BCUT2D eigenvalue weighted by Gasteiger charge is -2.15. The Bertz CT molecular complexity index is 447. The third-order valence-electron chi connectivity index (χ3n) is 2.97. The Balaban J connectivity index is 2.58. The van der Waals surface area contributed by atoms with Crippen LogP contribution in [-0.2, 0) is 16.1 Å². The predicted octanol–water partition coefficient (Wildman–Crippen LogP) is 1.63. The molecule has 21 heavy (non-hydrogen) atoms. The van der Waals surface area contributed by atoms with E-state index in [1.54, 1.807) is 7.11 Å². The first-order chi connectivity index (χ1) is 10.0. The van der Waals surface area contributed by atoms with Crippen molar-refractivity contribution in [3.05, 3.63) is 29.3 Å². The van der Waals surface area contributed by atoms with E-state index in [1.807, 2.05) is 25.1 Å². The minimum atomic E-state index is -0.141. The van der Waals surface area contributed by atoms with Gasteiger partial charge in [-0.25, -0.2) is 0 Å². The Hall–Kier alpha value is -1.59. The normalized spacial score (nSPS) is 10.7. The van der Waals surface area contributed by atoms with E-state index in [4.69, 9.17) is 9.47 Å². The molecular formula is C16H26N2O3. The van der Waals surface area contributed by atoms with Crippen molar-refractivity contribution in [1.29, 1.82) is 0 Å². The van der Waals surface area contributed by atoms with Crippen molar-refractivity contribution in [3.63, 3.8) is 0 Å². The molecule has 0 heterocycles. The summed E-state index contributed by atoms with van der Waals surface area (Å²) < 4.78 is 10.6. The number of benzene rings is 1. The van der Waals surface area contributed by atoms with Crippen LogP contribution in [0.5, 0.6) is 5.75 Å². The Morgan fingerprint density at radius 2 is 2.10 bits per heavy atom. The second-order valence-electron chi connectivity index (χ2n) is 5.23. The monoisotopic (exact) mass is 294 g/mol. The maximum absolute atomic E-state index is 11.7. The van der Waals surface area contributed by atoms with Gasteiger partial charge in [-0.1, -0.05) is 32.0 Å². The highest BCUT2D eigenvalue weighted by Gasteiger charge is 2.09. The Kier molecular flexibility index (Phi) is 7.79. The molecule has 0 aliphatic carbocycles. The van der Waals surface area contributed by atoms with Crippen molar-refractivity contribution in [3.8, 4) is 5.75 Å². The van der Waals surface area contributed by atoms with Crippen molar-refractivity contribution >= 4 is 5.91 Å². The topological polar surface area (TPSA) is 59.6 Å². The zero-order valence-electron chi connectivity index (χ0n) is 13.4. The molecule has 0 bridgehead atoms. The largest absolute Gasteiger partial charge is 0.483 e. The maximum Gasteiger partial charge on any atom is 0.258 e. The van der Waals surface area contributed by atoms with Gasteiger partial charge in [-0.05, 0) is 12.5 Å². The fraction of sp³-hybridized carbons (Fsp3) is 0.562. The lowest BCUT2D eigenvalue weighted by atomic mass is 10.1. The van der Waals surface area contributed by atoms with Crippen LogP contribution in [0.1, 0.15) is 25.0 Å². The first-order valence-electron chi connectivity index (χ1n) is 7.25. The van der Waals surface area contributed by atoms with E-state index >= 15 is 0 Å². The van der Waals surface area contributed by atoms with E-state index in [0.717, 1.165) is 23.4 Å². The number of amides is 1. The van der Waals surface area contributed by atoms with Crippen LogP contribution < -0.4 is 15.4 Å². The lowest BCUT2D eigenvalue weighted by molar-refractivity contribution is -0.123. The zero-order valence-corrected chi connectivity index (χ0v) is 13.4. The van der Waals surface area contributed by atoms with Gasteiger partial charge in [-0.3, -0.25) is 4.79 Å². The van der Waals surface area contributed by atoms with Crippen molar-refractivity contribution in [2.45, 2.75) is 33.4 Å². The summed E-state index contributed by atoms with van der Waals surface area (Å²) in [7, 11) is 1.60. The fourth-order valence-corrected chi connectivity index (χ4v) is 1.85. The average molecular weight is 294 g/mol. The van der Waals surface area contributed by atoms with Gasteiger partial charge in [-0.2, -0.15) is 0 Å². The first-order valence-corrected chi connectivity index (χ1v) is 7.25. The minimum absolute atomic E-state index is 0.0171. The Morgan fingerprint density at radius 3 is 2.76 bits per heavy atom. The molecule has 0 aliphatic rings. The minimum Gasteiger partial charge on any atom is -0.483 e. The number of methoxy groups -OCH3 is 1. The molecule has 1 aromatic rings. The van der Waals surface area contributed by atoms with Gasteiger partial charge in [0.1, 0.15) is 5.75 Å². The quantitative estimate of drug-likeness (QED) is 0.680. The molecule has 0 aliphatic heterocycles. The van der Waals surface area contributed by atoms with Gasteiger partial charge >= 0.3 is 0 Å². The number of hydrogen-bond acceptors (Lipinski definition) is 4. The maximum atomic E-state index is 11.7. The van der Waals surface area contributed by atoms with E-state index in [1.165, 1.54) is 0 Å². The highest BCUT2D eigenvalue weighted by Crippen LogP contribution is 2.23. The number of aryl methyl sites for hydroxylation is 1. The van der Waals surface area contributed by atoms with Gasteiger partial charge in [0.05, 0.1) is 6.61 Å². The summed E-state index contributed by atoms with van der Waals surface area (Å²) in [6.07, 6.45) is 0. The molecular weight excluding hydrogens is 268 g/mol. The first kappa shape index (κ1) is 17.5. The molecule has 2 N–H and O–H groups in total. The van der Waals surface area contributed by atoms with Gasteiger partial charge in [0, 0.05) is 31.8 Å². The van der Waals surface area contributed by atoms with Gasteiger partial charge in [0.2, 0.25) is 0 Å². The van der Waals surface area contributed by atoms with Crippen molar-refractivity contribution in [2.75, 3.05) is 26.9 Å². The number of carbonyl (C=O) groups is 1. The van der Waals surface area contributed by atoms with E-state index in [-0.39, 0.29) is 12.5 Å². The smallest absolute Gasteiger partial charge is 0.258 e. The molecule has 0 radical (unpaired) electrons. The Morgan fingerprint density at radius 1 is 1.33 bits per heavy atom. The highest BCUT2D eigenvalue weighted by molar-refractivity contribution is 5.77. The molecule has 118 valence electrons. The molecule has 1 rings (SSSR count). The van der Waals surface area contributed by atoms with E-state index in [2.05, 4.69) is 24.5 Å². The number of nitrogens with one attached hydrogen (secondary N) is 2. The van der Waals surface area contributed by atoms with E-state index in [9.17, 15) is 4.79 Å². The second kappa shape index (κ2) is 9.37.